The molecule has 1 atom stereocenters. The fraction of sp³-hybridized carbons (Fsp3) is 0.471. The Morgan fingerprint density at radius 3 is 2.64 bits per heavy atom. The Kier molecular flexibility index (Phi) is 7.08. The van der Waals surface area contributed by atoms with Crippen LogP contribution in [0.3, 0.4) is 0 Å². The fourth-order valence-corrected chi connectivity index (χ4v) is 4.18. The van der Waals surface area contributed by atoms with Crippen LogP contribution < -0.4 is 10.0 Å². The molecule has 3 amide bonds. The molecule has 0 saturated carbocycles. The number of benzene rings is 1. The molecule has 1 heterocycles. The van der Waals surface area contributed by atoms with Crippen molar-refractivity contribution in [3.05, 3.63) is 35.1 Å². The fourth-order valence-electron chi connectivity index (χ4n) is 2.81. The number of carboxylic acid groups (broad SMARTS) is 1. The van der Waals surface area contributed by atoms with Crippen LogP contribution in [0.5, 0.6) is 0 Å². The standard InChI is InChI=1S/C17H22FN3O6S/c1-11(12-5-6-14(18)13(9-12)16(23)24)20-28(26,27)8-4-2-3-7-21-10-15(22)19-17(21)25/h5-6,9,11,20H,2-4,7-8,10H2,1H3,(H,23,24)(H,19,22,25)/t11-/m1/s1. The van der Waals surface area contributed by atoms with E-state index in [0.717, 1.165) is 12.1 Å². The Morgan fingerprint density at radius 2 is 2.04 bits per heavy atom. The van der Waals surface area contributed by atoms with E-state index in [1.54, 1.807) is 6.92 Å². The summed E-state index contributed by atoms with van der Waals surface area (Å²) in [4.78, 5) is 34.8. The number of imide groups is 1. The Labute approximate surface area is 162 Å². The van der Waals surface area contributed by atoms with E-state index in [1.807, 2.05) is 0 Å². The zero-order valence-electron chi connectivity index (χ0n) is 15.3. The second-order valence-corrected chi connectivity index (χ2v) is 8.41. The molecule has 1 saturated heterocycles. The number of carboxylic acids is 1. The molecule has 1 aliphatic heterocycles. The molecule has 1 aromatic rings. The quantitative estimate of drug-likeness (QED) is 0.389. The predicted molar refractivity (Wildman–Crippen MR) is 97.7 cm³/mol. The number of carbonyl (C=O) groups is 3. The number of nitrogens with zero attached hydrogens (tertiary/aromatic N) is 1. The first kappa shape index (κ1) is 21.8. The molecule has 3 N–H and O–H groups in total. The van der Waals surface area contributed by atoms with E-state index >= 15 is 0 Å². The number of hydrogen-bond acceptors (Lipinski definition) is 5. The average molecular weight is 415 g/mol. The van der Waals surface area contributed by atoms with Gasteiger partial charge in [0.2, 0.25) is 15.9 Å². The van der Waals surface area contributed by atoms with E-state index in [2.05, 4.69) is 10.0 Å². The van der Waals surface area contributed by atoms with Gasteiger partial charge in [-0.25, -0.2) is 27.1 Å². The van der Waals surface area contributed by atoms with Gasteiger partial charge in [-0.3, -0.25) is 10.1 Å². The zero-order valence-corrected chi connectivity index (χ0v) is 16.1. The lowest BCUT2D eigenvalue weighted by molar-refractivity contribution is -0.118. The highest BCUT2D eigenvalue weighted by atomic mass is 32.2. The summed E-state index contributed by atoms with van der Waals surface area (Å²) in [5, 5.41) is 11.1. The van der Waals surface area contributed by atoms with Gasteiger partial charge in [0, 0.05) is 12.6 Å². The number of rotatable bonds is 10. The Morgan fingerprint density at radius 1 is 1.32 bits per heavy atom. The van der Waals surface area contributed by atoms with E-state index in [0.29, 0.717) is 31.4 Å². The van der Waals surface area contributed by atoms with Gasteiger partial charge < -0.3 is 10.0 Å². The third kappa shape index (κ3) is 5.99. The lowest BCUT2D eigenvalue weighted by Crippen LogP contribution is -2.30. The molecule has 0 spiro atoms. The normalized spacial score (nSPS) is 15.6. The van der Waals surface area contributed by atoms with E-state index < -0.39 is 39.4 Å². The molecular formula is C17H22FN3O6S. The summed E-state index contributed by atoms with van der Waals surface area (Å²) in [5.41, 5.74) is -0.180. The van der Waals surface area contributed by atoms with Crippen molar-refractivity contribution >= 4 is 27.9 Å². The topological polar surface area (TPSA) is 133 Å². The van der Waals surface area contributed by atoms with Crippen LogP contribution in [0.2, 0.25) is 0 Å². The van der Waals surface area contributed by atoms with E-state index in [4.69, 9.17) is 5.11 Å². The monoisotopic (exact) mass is 415 g/mol. The van der Waals surface area contributed by atoms with Crippen LogP contribution in [0.1, 0.15) is 48.1 Å². The van der Waals surface area contributed by atoms with E-state index in [9.17, 15) is 27.2 Å². The number of aromatic carboxylic acids is 1. The van der Waals surface area contributed by atoms with Crippen molar-refractivity contribution in [2.75, 3.05) is 18.8 Å². The Bertz CT molecular complexity index is 874. The van der Waals surface area contributed by atoms with Gasteiger partial charge in [-0.2, -0.15) is 0 Å². The minimum atomic E-state index is -3.63. The van der Waals surface area contributed by atoms with Crippen LogP contribution in [0, 0.1) is 5.82 Å². The van der Waals surface area contributed by atoms with Gasteiger partial charge in [0.05, 0.1) is 11.3 Å². The van der Waals surface area contributed by atoms with Gasteiger partial charge in [0.15, 0.2) is 0 Å². The van der Waals surface area contributed by atoms with Crippen molar-refractivity contribution in [3.63, 3.8) is 0 Å². The number of halogens is 1. The third-order valence-corrected chi connectivity index (χ3v) is 5.83. The van der Waals surface area contributed by atoms with Crippen molar-refractivity contribution < 1.29 is 32.3 Å². The van der Waals surface area contributed by atoms with Gasteiger partial charge in [0.25, 0.3) is 0 Å². The van der Waals surface area contributed by atoms with Crippen LogP contribution in [0.15, 0.2) is 18.2 Å². The van der Waals surface area contributed by atoms with E-state index in [-0.39, 0.29) is 18.2 Å². The lowest BCUT2D eigenvalue weighted by atomic mass is 10.1. The largest absolute Gasteiger partial charge is 0.478 e. The summed E-state index contributed by atoms with van der Waals surface area (Å²) in [7, 11) is -3.63. The Hall–Kier alpha value is -2.53. The highest BCUT2D eigenvalue weighted by Crippen LogP contribution is 2.18. The smallest absolute Gasteiger partial charge is 0.338 e. The van der Waals surface area contributed by atoms with Crippen molar-refractivity contribution in [2.24, 2.45) is 0 Å². The molecule has 1 aliphatic rings. The Balaban J connectivity index is 1.80. The maximum Gasteiger partial charge on any atom is 0.338 e. The van der Waals surface area contributed by atoms with Crippen LogP contribution in [0.25, 0.3) is 0 Å². The number of carbonyl (C=O) groups excluding carboxylic acids is 2. The van der Waals surface area contributed by atoms with Gasteiger partial charge in [-0.1, -0.05) is 12.5 Å². The molecule has 0 bridgehead atoms. The third-order valence-electron chi connectivity index (χ3n) is 4.29. The molecule has 28 heavy (non-hydrogen) atoms. The van der Waals surface area contributed by atoms with Crippen molar-refractivity contribution in [3.8, 4) is 0 Å². The number of unbranched alkanes of at least 4 members (excludes halogenated alkanes) is 2. The van der Waals surface area contributed by atoms with Crippen LogP contribution in [-0.2, 0) is 14.8 Å². The number of amides is 3. The molecule has 1 fully saturated rings. The minimum Gasteiger partial charge on any atom is -0.478 e. The summed E-state index contributed by atoms with van der Waals surface area (Å²) in [6.45, 7) is 1.93. The summed E-state index contributed by atoms with van der Waals surface area (Å²) in [6, 6.07) is 2.27. The molecule has 0 unspecified atom stereocenters. The maximum atomic E-state index is 13.5. The average Bonchev–Trinajstić information content (AvgIpc) is 2.91. The first-order valence-corrected chi connectivity index (χ1v) is 10.4. The van der Waals surface area contributed by atoms with Crippen LogP contribution in [-0.4, -0.2) is 55.2 Å². The first-order chi connectivity index (χ1) is 13.1. The minimum absolute atomic E-state index is 0.0200. The van der Waals surface area contributed by atoms with Crippen molar-refractivity contribution in [2.45, 2.75) is 32.2 Å². The van der Waals surface area contributed by atoms with Crippen molar-refractivity contribution in [1.82, 2.24) is 14.9 Å². The molecular weight excluding hydrogens is 393 g/mol. The van der Waals surface area contributed by atoms with Gasteiger partial charge in [-0.15, -0.1) is 0 Å². The van der Waals surface area contributed by atoms with Crippen LogP contribution >= 0.6 is 0 Å². The first-order valence-electron chi connectivity index (χ1n) is 8.70. The highest BCUT2D eigenvalue weighted by molar-refractivity contribution is 7.89. The van der Waals surface area contributed by atoms with Crippen molar-refractivity contribution in [1.29, 1.82) is 0 Å². The predicted octanol–water partition coefficient (Wildman–Crippen LogP) is 1.23. The highest BCUT2D eigenvalue weighted by Gasteiger charge is 2.25. The molecule has 2 rings (SSSR count). The number of sulfonamides is 1. The van der Waals surface area contributed by atoms with Gasteiger partial charge in [0.1, 0.15) is 12.4 Å². The lowest BCUT2D eigenvalue weighted by Gasteiger charge is -2.16. The van der Waals surface area contributed by atoms with Gasteiger partial charge in [-0.05, 0) is 37.5 Å². The number of nitrogens with one attached hydrogen (secondary N) is 2. The van der Waals surface area contributed by atoms with E-state index in [1.165, 1.54) is 11.0 Å². The summed E-state index contributed by atoms with van der Waals surface area (Å²) in [5.74, 6) is -2.81. The SMILES string of the molecule is C[C@@H](NS(=O)(=O)CCCCCN1CC(=O)NC1=O)c1ccc(F)c(C(=O)O)c1. The van der Waals surface area contributed by atoms with Gasteiger partial charge >= 0.3 is 12.0 Å². The summed E-state index contributed by atoms with van der Waals surface area (Å²) in [6.07, 6.45) is 1.47. The molecule has 0 radical (unpaired) electrons. The zero-order chi connectivity index (χ0) is 20.9. The maximum absolute atomic E-state index is 13.5. The van der Waals surface area contributed by atoms with Crippen LogP contribution in [0.4, 0.5) is 9.18 Å². The summed E-state index contributed by atoms with van der Waals surface area (Å²) >= 11 is 0. The number of hydrogen-bond donors (Lipinski definition) is 3. The molecule has 0 aromatic heterocycles. The molecule has 11 heteroatoms. The molecule has 9 nitrogen and oxygen atoms in total. The molecule has 1 aromatic carbocycles. The molecule has 154 valence electrons. The molecule has 0 aliphatic carbocycles. The second-order valence-electron chi connectivity index (χ2n) is 6.54. The second kappa shape index (κ2) is 9.11. The summed E-state index contributed by atoms with van der Waals surface area (Å²) < 4.78 is 40.3. The number of urea groups is 1.